The van der Waals surface area contributed by atoms with Crippen LogP contribution in [0.5, 0.6) is 0 Å². The topological polar surface area (TPSA) is 60.2 Å². The van der Waals surface area contributed by atoms with Crippen LogP contribution in [0.2, 0.25) is 0 Å². The van der Waals surface area contributed by atoms with Crippen molar-refractivity contribution in [3.63, 3.8) is 0 Å². The van der Waals surface area contributed by atoms with Gasteiger partial charge in [-0.2, -0.15) is 0 Å². The molecule has 4 heteroatoms. The number of sulfone groups is 1. The lowest BCUT2D eigenvalue weighted by molar-refractivity contribution is 0.589. The van der Waals surface area contributed by atoms with Crippen molar-refractivity contribution in [2.24, 2.45) is 5.73 Å². The number of unbranched alkanes of at least 4 members (excludes halogenated alkanes) is 1. The summed E-state index contributed by atoms with van der Waals surface area (Å²) in [5.41, 5.74) is 6.57. The fourth-order valence-corrected chi connectivity index (χ4v) is 3.16. The van der Waals surface area contributed by atoms with Crippen LogP contribution >= 0.6 is 0 Å². The molecule has 0 saturated carbocycles. The molecule has 0 aromatic heterocycles. The monoisotopic (exact) mass is 255 g/mol. The summed E-state index contributed by atoms with van der Waals surface area (Å²) in [4.78, 5) is 0. The van der Waals surface area contributed by atoms with Crippen molar-refractivity contribution in [1.82, 2.24) is 0 Å². The minimum Gasteiger partial charge on any atom is -0.330 e. The first-order valence-electron chi connectivity index (χ1n) is 6.08. The third-order valence-corrected chi connectivity index (χ3v) is 4.49. The quantitative estimate of drug-likeness (QED) is 0.720. The van der Waals surface area contributed by atoms with Crippen LogP contribution in [0.3, 0.4) is 0 Å². The molecule has 0 radical (unpaired) electrons. The zero-order chi connectivity index (χ0) is 12.6. The van der Waals surface area contributed by atoms with Crippen molar-refractivity contribution < 1.29 is 8.42 Å². The van der Waals surface area contributed by atoms with Gasteiger partial charge in [-0.15, -0.1) is 0 Å². The number of nitrogens with two attached hydrogens (primary N) is 1. The molecule has 0 fully saturated rings. The van der Waals surface area contributed by atoms with E-state index in [4.69, 9.17) is 5.73 Å². The van der Waals surface area contributed by atoms with Crippen molar-refractivity contribution in [3.05, 3.63) is 35.9 Å². The molecule has 1 rings (SSSR count). The highest BCUT2D eigenvalue weighted by atomic mass is 32.2. The van der Waals surface area contributed by atoms with Gasteiger partial charge >= 0.3 is 0 Å². The normalized spacial score (nSPS) is 11.6. The largest absolute Gasteiger partial charge is 0.330 e. The van der Waals surface area contributed by atoms with Crippen LogP contribution in [0, 0.1) is 0 Å². The van der Waals surface area contributed by atoms with E-state index in [9.17, 15) is 8.42 Å². The van der Waals surface area contributed by atoms with Gasteiger partial charge in [0.1, 0.15) is 9.84 Å². The van der Waals surface area contributed by atoms with E-state index in [2.05, 4.69) is 12.1 Å². The summed E-state index contributed by atoms with van der Waals surface area (Å²) in [6.45, 7) is 0.448. The Morgan fingerprint density at radius 2 is 1.59 bits per heavy atom. The highest BCUT2D eigenvalue weighted by molar-refractivity contribution is 7.91. The minimum absolute atomic E-state index is 0.231. The Labute approximate surface area is 104 Å². The van der Waals surface area contributed by atoms with E-state index in [1.165, 1.54) is 5.56 Å². The summed E-state index contributed by atoms with van der Waals surface area (Å²) in [5, 5.41) is 0. The predicted molar refractivity (Wildman–Crippen MR) is 71.7 cm³/mol. The van der Waals surface area contributed by atoms with Gasteiger partial charge in [0, 0.05) is 0 Å². The first-order chi connectivity index (χ1) is 8.14. The first-order valence-corrected chi connectivity index (χ1v) is 7.90. The standard InChI is InChI=1S/C13H21NO2S/c14-10-6-12-17(15,16)11-5-4-9-13-7-2-1-3-8-13/h1-3,7-8H,4-6,9-12,14H2. The zero-order valence-electron chi connectivity index (χ0n) is 10.1. The smallest absolute Gasteiger partial charge is 0.150 e. The molecule has 96 valence electrons. The van der Waals surface area contributed by atoms with Crippen LogP contribution in [0.4, 0.5) is 0 Å². The molecule has 0 aliphatic heterocycles. The van der Waals surface area contributed by atoms with Gasteiger partial charge in [0.05, 0.1) is 11.5 Å². The molecule has 3 nitrogen and oxygen atoms in total. The van der Waals surface area contributed by atoms with Gasteiger partial charge in [-0.1, -0.05) is 30.3 Å². The number of hydrogen-bond donors (Lipinski definition) is 1. The number of hydrogen-bond acceptors (Lipinski definition) is 3. The Kier molecular flexibility index (Phi) is 6.22. The number of aryl methyl sites for hydroxylation is 1. The van der Waals surface area contributed by atoms with Crippen LogP contribution in [0.25, 0.3) is 0 Å². The van der Waals surface area contributed by atoms with E-state index in [-0.39, 0.29) is 5.75 Å². The molecule has 0 aliphatic carbocycles. The molecular weight excluding hydrogens is 234 g/mol. The van der Waals surface area contributed by atoms with Crippen LogP contribution in [0.1, 0.15) is 24.8 Å². The third-order valence-electron chi connectivity index (χ3n) is 2.67. The molecule has 0 saturated heterocycles. The molecule has 0 spiro atoms. The van der Waals surface area contributed by atoms with Crippen LogP contribution in [-0.4, -0.2) is 26.5 Å². The summed E-state index contributed by atoms with van der Waals surface area (Å²) in [6.07, 6.45) is 3.18. The highest BCUT2D eigenvalue weighted by Gasteiger charge is 2.09. The lowest BCUT2D eigenvalue weighted by Gasteiger charge is -2.03. The van der Waals surface area contributed by atoms with Crippen LogP contribution < -0.4 is 5.73 Å². The minimum atomic E-state index is -2.88. The maximum absolute atomic E-state index is 11.5. The van der Waals surface area contributed by atoms with E-state index in [0.29, 0.717) is 18.7 Å². The van der Waals surface area contributed by atoms with Gasteiger partial charge in [-0.05, 0) is 37.8 Å². The molecule has 2 N–H and O–H groups in total. The van der Waals surface area contributed by atoms with Crippen molar-refractivity contribution >= 4 is 9.84 Å². The Hall–Kier alpha value is -0.870. The molecule has 0 heterocycles. The molecule has 1 aromatic rings. The summed E-state index contributed by atoms with van der Waals surface area (Å²) >= 11 is 0. The average Bonchev–Trinajstić information content (AvgIpc) is 2.34. The Morgan fingerprint density at radius 3 is 2.24 bits per heavy atom. The van der Waals surface area contributed by atoms with Crippen molar-refractivity contribution in [2.45, 2.75) is 25.7 Å². The zero-order valence-corrected chi connectivity index (χ0v) is 11.0. The Morgan fingerprint density at radius 1 is 0.941 bits per heavy atom. The van der Waals surface area contributed by atoms with Crippen LogP contribution in [-0.2, 0) is 16.3 Å². The second-order valence-electron chi connectivity index (χ2n) is 4.24. The third kappa shape index (κ3) is 6.44. The molecule has 0 atom stereocenters. The number of rotatable bonds is 8. The summed E-state index contributed by atoms with van der Waals surface area (Å²) < 4.78 is 23.1. The lowest BCUT2D eigenvalue weighted by Crippen LogP contribution is -2.14. The van der Waals surface area contributed by atoms with Gasteiger partial charge < -0.3 is 5.73 Å². The molecule has 0 amide bonds. The summed E-state index contributed by atoms with van der Waals surface area (Å²) in [5.74, 6) is 0.522. The second-order valence-corrected chi connectivity index (χ2v) is 6.54. The highest BCUT2D eigenvalue weighted by Crippen LogP contribution is 2.06. The lowest BCUT2D eigenvalue weighted by atomic mass is 10.1. The van der Waals surface area contributed by atoms with Gasteiger partial charge in [-0.3, -0.25) is 0 Å². The van der Waals surface area contributed by atoms with Crippen LogP contribution in [0.15, 0.2) is 30.3 Å². The summed E-state index contributed by atoms with van der Waals surface area (Å²) in [7, 11) is -2.88. The van der Waals surface area contributed by atoms with E-state index in [1.807, 2.05) is 18.2 Å². The molecule has 17 heavy (non-hydrogen) atoms. The molecule has 0 aliphatic rings. The van der Waals surface area contributed by atoms with E-state index >= 15 is 0 Å². The average molecular weight is 255 g/mol. The first kappa shape index (κ1) is 14.2. The Balaban J connectivity index is 2.20. The molecule has 1 aromatic carbocycles. The van der Waals surface area contributed by atoms with E-state index in [1.54, 1.807) is 0 Å². The van der Waals surface area contributed by atoms with Crippen molar-refractivity contribution in [1.29, 1.82) is 0 Å². The molecular formula is C13H21NO2S. The Bertz CT molecular complexity index is 401. The maximum Gasteiger partial charge on any atom is 0.150 e. The van der Waals surface area contributed by atoms with Gasteiger partial charge in [0.25, 0.3) is 0 Å². The fourth-order valence-electron chi connectivity index (χ4n) is 1.70. The molecule has 0 unspecified atom stereocenters. The molecule has 0 bridgehead atoms. The van der Waals surface area contributed by atoms with Crippen molar-refractivity contribution in [3.8, 4) is 0 Å². The number of benzene rings is 1. The van der Waals surface area contributed by atoms with Gasteiger partial charge in [0.2, 0.25) is 0 Å². The van der Waals surface area contributed by atoms with Gasteiger partial charge in [0.15, 0.2) is 0 Å². The second kappa shape index (κ2) is 7.45. The van der Waals surface area contributed by atoms with Gasteiger partial charge in [-0.25, -0.2) is 8.42 Å². The van der Waals surface area contributed by atoms with E-state index in [0.717, 1.165) is 19.3 Å². The van der Waals surface area contributed by atoms with Crippen molar-refractivity contribution in [2.75, 3.05) is 18.1 Å². The predicted octanol–water partition coefficient (Wildman–Crippen LogP) is 1.77. The maximum atomic E-state index is 11.5. The summed E-state index contributed by atoms with van der Waals surface area (Å²) in [6, 6.07) is 10.1. The fraction of sp³-hybridized carbons (Fsp3) is 0.538. The van der Waals surface area contributed by atoms with E-state index < -0.39 is 9.84 Å². The SMILES string of the molecule is NCCCS(=O)(=O)CCCCc1ccccc1.